The Morgan fingerprint density at radius 2 is 2.08 bits per heavy atom. The molecule has 2 fully saturated rings. The molecular weight excluding hydrogens is 308 g/mol. The summed E-state index contributed by atoms with van der Waals surface area (Å²) < 4.78 is 0. The zero-order valence-electron chi connectivity index (χ0n) is 13.3. The third kappa shape index (κ3) is 2.46. The number of imide groups is 1. The Morgan fingerprint density at radius 3 is 2.67 bits per heavy atom. The van der Waals surface area contributed by atoms with E-state index >= 15 is 0 Å². The van der Waals surface area contributed by atoms with Gasteiger partial charge in [0.2, 0.25) is 5.91 Å². The molecule has 0 saturated carbocycles. The normalized spacial score (nSPS) is 26.4. The lowest BCUT2D eigenvalue weighted by Gasteiger charge is -2.29. The first kappa shape index (κ1) is 16.2. The summed E-state index contributed by atoms with van der Waals surface area (Å²) in [4.78, 5) is 40.0. The molecule has 7 heteroatoms. The molecule has 0 bridgehead atoms. The van der Waals surface area contributed by atoms with Crippen molar-refractivity contribution in [2.75, 3.05) is 13.1 Å². The molecule has 0 aliphatic carbocycles. The summed E-state index contributed by atoms with van der Waals surface area (Å²) in [6, 6.07) is 8.34. The maximum atomic E-state index is 13.0. The van der Waals surface area contributed by atoms with E-state index < -0.39 is 17.5 Å². The highest BCUT2D eigenvalue weighted by Crippen LogP contribution is 2.36. The molecule has 1 aromatic carbocycles. The predicted octanol–water partition coefficient (Wildman–Crippen LogP) is 0.223. The number of hydrogen-bond donors (Lipinski definition) is 2. The van der Waals surface area contributed by atoms with Crippen LogP contribution >= 0.6 is 0 Å². The first-order valence-corrected chi connectivity index (χ1v) is 7.80. The van der Waals surface area contributed by atoms with Crippen molar-refractivity contribution in [2.24, 2.45) is 5.73 Å². The Hall–Kier alpha value is -2.67. The van der Waals surface area contributed by atoms with Gasteiger partial charge in [0.25, 0.3) is 5.91 Å². The number of nitrogens with two attached hydrogens (primary N) is 1. The molecule has 1 spiro atoms. The van der Waals surface area contributed by atoms with Crippen LogP contribution < -0.4 is 11.1 Å². The Morgan fingerprint density at radius 1 is 1.38 bits per heavy atom. The van der Waals surface area contributed by atoms with Gasteiger partial charge in [-0.15, -0.1) is 6.58 Å². The molecule has 7 nitrogen and oxygen atoms in total. The smallest absolute Gasteiger partial charge is 0.328 e. The summed E-state index contributed by atoms with van der Waals surface area (Å²) in [5.41, 5.74) is 5.15. The highest BCUT2D eigenvalue weighted by molar-refractivity contribution is 6.08. The number of primary amides is 1. The van der Waals surface area contributed by atoms with Crippen molar-refractivity contribution < 1.29 is 14.4 Å². The van der Waals surface area contributed by atoms with Crippen molar-refractivity contribution in [1.82, 2.24) is 15.1 Å². The van der Waals surface area contributed by atoms with E-state index in [1.54, 1.807) is 6.08 Å². The molecule has 0 unspecified atom stereocenters. The lowest BCUT2D eigenvalue weighted by atomic mass is 9.93. The van der Waals surface area contributed by atoms with Crippen molar-refractivity contribution in [3.63, 3.8) is 0 Å². The Bertz CT molecular complexity index is 690. The zero-order valence-corrected chi connectivity index (χ0v) is 13.3. The van der Waals surface area contributed by atoms with Crippen LogP contribution in [0.4, 0.5) is 4.79 Å². The van der Waals surface area contributed by atoms with E-state index in [4.69, 9.17) is 5.73 Å². The van der Waals surface area contributed by atoms with Gasteiger partial charge in [-0.05, 0) is 5.56 Å². The number of benzene rings is 1. The van der Waals surface area contributed by atoms with Crippen LogP contribution in [0.2, 0.25) is 0 Å². The zero-order chi connectivity index (χ0) is 17.3. The Kier molecular flexibility index (Phi) is 4.11. The number of amides is 4. The third-order valence-corrected chi connectivity index (χ3v) is 4.64. The summed E-state index contributed by atoms with van der Waals surface area (Å²) >= 11 is 0. The standard InChI is InChI=1S/C17H20N4O3/c1-2-8-21-16(24)20(10-12-6-4-3-5-7-12)15(23)17(21)9-13(14(18)22)19-11-17/h2-7,13,19H,1,8-11H2,(H2,18,22)/t13-,17-/m0/s1. The van der Waals surface area contributed by atoms with Gasteiger partial charge in [0, 0.05) is 19.5 Å². The van der Waals surface area contributed by atoms with Crippen LogP contribution in [0, 0.1) is 0 Å². The van der Waals surface area contributed by atoms with Crippen LogP contribution in [0.15, 0.2) is 43.0 Å². The van der Waals surface area contributed by atoms with Crippen LogP contribution in [0.1, 0.15) is 12.0 Å². The number of hydrogen-bond acceptors (Lipinski definition) is 4. The maximum absolute atomic E-state index is 13.0. The van der Waals surface area contributed by atoms with Crippen molar-refractivity contribution in [3.05, 3.63) is 48.6 Å². The Labute approximate surface area is 140 Å². The summed E-state index contributed by atoms with van der Waals surface area (Å²) in [5.74, 6) is -0.818. The van der Waals surface area contributed by atoms with Gasteiger partial charge in [-0.2, -0.15) is 0 Å². The van der Waals surface area contributed by atoms with Gasteiger partial charge >= 0.3 is 6.03 Å². The fraction of sp³-hybridized carbons (Fsp3) is 0.353. The van der Waals surface area contributed by atoms with Gasteiger partial charge in [-0.25, -0.2) is 4.79 Å². The molecular formula is C17H20N4O3. The fourth-order valence-electron chi connectivity index (χ4n) is 3.41. The molecule has 3 N–H and O–H groups in total. The van der Waals surface area contributed by atoms with Gasteiger partial charge in [0.15, 0.2) is 0 Å². The molecule has 2 atom stereocenters. The number of carbonyl (C=O) groups excluding carboxylic acids is 3. The van der Waals surface area contributed by atoms with Gasteiger partial charge in [0.1, 0.15) is 5.54 Å². The number of nitrogens with one attached hydrogen (secondary N) is 1. The number of carbonyl (C=O) groups is 3. The largest absolute Gasteiger partial charge is 0.368 e. The van der Waals surface area contributed by atoms with E-state index in [0.717, 1.165) is 5.56 Å². The average Bonchev–Trinajstić information content (AvgIpc) is 3.10. The van der Waals surface area contributed by atoms with Crippen LogP contribution in [0.25, 0.3) is 0 Å². The predicted molar refractivity (Wildman–Crippen MR) is 87.6 cm³/mol. The van der Waals surface area contributed by atoms with Crippen molar-refractivity contribution in [1.29, 1.82) is 0 Å². The molecule has 0 radical (unpaired) electrons. The summed E-state index contributed by atoms with van der Waals surface area (Å²) in [5, 5.41) is 2.96. The first-order valence-electron chi connectivity index (χ1n) is 7.80. The van der Waals surface area contributed by atoms with E-state index in [9.17, 15) is 14.4 Å². The topological polar surface area (TPSA) is 95.7 Å². The monoisotopic (exact) mass is 328 g/mol. The molecule has 2 saturated heterocycles. The van der Waals surface area contributed by atoms with Gasteiger partial charge in [-0.3, -0.25) is 14.5 Å². The van der Waals surface area contributed by atoms with Gasteiger partial charge in [-0.1, -0.05) is 36.4 Å². The summed E-state index contributed by atoms with van der Waals surface area (Å²) in [7, 11) is 0. The quantitative estimate of drug-likeness (QED) is 0.597. The molecule has 24 heavy (non-hydrogen) atoms. The van der Waals surface area contributed by atoms with Crippen LogP contribution in [-0.2, 0) is 16.1 Å². The van der Waals surface area contributed by atoms with E-state index in [1.807, 2.05) is 30.3 Å². The van der Waals surface area contributed by atoms with E-state index in [0.29, 0.717) is 0 Å². The highest BCUT2D eigenvalue weighted by atomic mass is 16.2. The second kappa shape index (κ2) is 6.09. The van der Waals surface area contributed by atoms with Crippen LogP contribution in [0.5, 0.6) is 0 Å². The second-order valence-corrected chi connectivity index (χ2v) is 6.13. The minimum atomic E-state index is -1.07. The lowest BCUT2D eigenvalue weighted by Crippen LogP contribution is -2.51. The molecule has 1 aromatic rings. The molecule has 126 valence electrons. The molecule has 4 amide bonds. The van der Waals surface area contributed by atoms with E-state index in [1.165, 1.54) is 9.80 Å². The number of urea groups is 1. The van der Waals surface area contributed by atoms with E-state index in [2.05, 4.69) is 11.9 Å². The summed E-state index contributed by atoms with van der Waals surface area (Å²) in [6.07, 6.45) is 1.77. The van der Waals surface area contributed by atoms with E-state index in [-0.39, 0.29) is 38.0 Å². The fourth-order valence-corrected chi connectivity index (χ4v) is 3.41. The molecule has 2 heterocycles. The number of nitrogens with zero attached hydrogens (tertiary/aromatic N) is 2. The van der Waals surface area contributed by atoms with Crippen LogP contribution in [0.3, 0.4) is 0 Å². The molecule has 2 aliphatic rings. The maximum Gasteiger partial charge on any atom is 0.328 e. The third-order valence-electron chi connectivity index (χ3n) is 4.64. The highest BCUT2D eigenvalue weighted by Gasteiger charge is 2.60. The molecule has 3 rings (SSSR count). The van der Waals surface area contributed by atoms with Crippen LogP contribution in [-0.4, -0.2) is 52.3 Å². The molecule has 2 aliphatic heterocycles. The average molecular weight is 328 g/mol. The van der Waals surface area contributed by atoms with Gasteiger partial charge < -0.3 is 16.0 Å². The molecule has 0 aromatic heterocycles. The Balaban J connectivity index is 1.91. The minimum absolute atomic E-state index is 0.187. The van der Waals surface area contributed by atoms with Crippen molar-refractivity contribution >= 4 is 17.8 Å². The van der Waals surface area contributed by atoms with Gasteiger partial charge in [0.05, 0.1) is 12.6 Å². The van der Waals surface area contributed by atoms with Crippen molar-refractivity contribution in [3.8, 4) is 0 Å². The summed E-state index contributed by atoms with van der Waals surface area (Å²) in [6.45, 7) is 4.32. The lowest BCUT2D eigenvalue weighted by molar-refractivity contribution is -0.132. The minimum Gasteiger partial charge on any atom is -0.368 e. The SMILES string of the molecule is C=CCN1C(=O)N(Cc2ccccc2)C(=O)[C@]12CN[C@H](C(N)=O)C2. The number of rotatable bonds is 5. The second-order valence-electron chi connectivity index (χ2n) is 6.13. The first-order chi connectivity index (χ1) is 11.5. The van der Waals surface area contributed by atoms with Crippen molar-refractivity contribution in [2.45, 2.75) is 24.5 Å².